The van der Waals surface area contributed by atoms with Crippen LogP contribution in [0.2, 0.25) is 0 Å². The molecule has 1 amide bonds. The molecule has 1 aromatic rings. The molecule has 3 rings (SSSR count). The van der Waals surface area contributed by atoms with Crippen molar-refractivity contribution in [3.8, 4) is 0 Å². The maximum absolute atomic E-state index is 12.6. The summed E-state index contributed by atoms with van der Waals surface area (Å²) >= 11 is 3.61. The van der Waals surface area contributed by atoms with Crippen molar-refractivity contribution >= 4 is 29.0 Å². The van der Waals surface area contributed by atoms with Crippen molar-refractivity contribution in [3.63, 3.8) is 0 Å². The van der Waals surface area contributed by atoms with Crippen LogP contribution in [0.1, 0.15) is 22.6 Å². The second-order valence-corrected chi connectivity index (χ2v) is 7.15. The van der Waals surface area contributed by atoms with Crippen LogP contribution in [0.3, 0.4) is 0 Å². The van der Waals surface area contributed by atoms with Gasteiger partial charge in [-0.2, -0.15) is 0 Å². The molecular weight excluding hydrogens is 264 g/mol. The van der Waals surface area contributed by atoms with Crippen LogP contribution >= 0.6 is 23.1 Å². The summed E-state index contributed by atoms with van der Waals surface area (Å²) in [5.74, 6) is 1.39. The van der Waals surface area contributed by atoms with Gasteiger partial charge in [-0.25, -0.2) is 0 Å². The zero-order valence-corrected chi connectivity index (χ0v) is 12.1. The Morgan fingerprint density at radius 1 is 1.56 bits per heavy atom. The van der Waals surface area contributed by atoms with Gasteiger partial charge in [-0.1, -0.05) is 0 Å². The predicted molar refractivity (Wildman–Crippen MR) is 77.3 cm³/mol. The highest BCUT2D eigenvalue weighted by Gasteiger charge is 2.32. The van der Waals surface area contributed by atoms with Gasteiger partial charge in [0, 0.05) is 30.6 Å². The lowest BCUT2D eigenvalue weighted by Crippen LogP contribution is -2.52. The Morgan fingerprint density at radius 3 is 3.28 bits per heavy atom. The topological polar surface area (TPSA) is 32.3 Å². The fourth-order valence-electron chi connectivity index (χ4n) is 2.65. The molecule has 5 heteroatoms. The number of piperazine rings is 1. The van der Waals surface area contributed by atoms with Crippen LogP contribution < -0.4 is 5.32 Å². The number of thiophene rings is 1. The van der Waals surface area contributed by atoms with Gasteiger partial charge in [-0.05, 0) is 36.1 Å². The van der Waals surface area contributed by atoms with Gasteiger partial charge in [-0.15, -0.1) is 23.1 Å². The number of hydrogen-bond donors (Lipinski definition) is 1. The highest BCUT2D eigenvalue weighted by Crippen LogP contribution is 2.40. The average molecular weight is 282 g/mol. The fraction of sp³-hybridized carbons (Fsp3) is 0.615. The van der Waals surface area contributed by atoms with Crippen molar-refractivity contribution < 1.29 is 4.79 Å². The first-order chi connectivity index (χ1) is 8.75. The molecule has 98 valence electrons. The Bertz CT molecular complexity index is 446. The van der Waals surface area contributed by atoms with Crippen LogP contribution in [0.5, 0.6) is 0 Å². The van der Waals surface area contributed by atoms with Gasteiger partial charge >= 0.3 is 0 Å². The van der Waals surface area contributed by atoms with Crippen LogP contribution in [0.4, 0.5) is 0 Å². The van der Waals surface area contributed by atoms with E-state index in [0.717, 1.165) is 31.8 Å². The SMILES string of the molecule is C[C@@H]1CN(C(=O)[C@H]2SCCc3sccc32)CCN1. The maximum Gasteiger partial charge on any atom is 0.240 e. The van der Waals surface area contributed by atoms with Gasteiger partial charge in [0.25, 0.3) is 0 Å². The Balaban J connectivity index is 1.77. The third-order valence-corrected chi connectivity index (χ3v) is 5.81. The molecule has 2 aliphatic rings. The van der Waals surface area contributed by atoms with Crippen LogP contribution in [0.15, 0.2) is 11.4 Å². The largest absolute Gasteiger partial charge is 0.339 e. The number of fused-ring (bicyclic) bond motifs is 1. The van der Waals surface area contributed by atoms with Crippen molar-refractivity contribution in [1.82, 2.24) is 10.2 Å². The van der Waals surface area contributed by atoms with Gasteiger partial charge in [-0.3, -0.25) is 4.79 Å². The lowest BCUT2D eigenvalue weighted by Gasteiger charge is -2.35. The Hall–Kier alpha value is -0.520. The molecule has 3 nitrogen and oxygen atoms in total. The Labute approximate surface area is 116 Å². The van der Waals surface area contributed by atoms with Crippen LogP contribution in [-0.4, -0.2) is 42.2 Å². The lowest BCUT2D eigenvalue weighted by atomic mass is 10.1. The third kappa shape index (κ3) is 2.31. The van der Waals surface area contributed by atoms with Crippen LogP contribution in [0, 0.1) is 0 Å². The molecule has 0 aromatic carbocycles. The molecule has 2 atom stereocenters. The molecule has 18 heavy (non-hydrogen) atoms. The number of carbonyl (C=O) groups excluding carboxylic acids is 1. The van der Waals surface area contributed by atoms with Crippen molar-refractivity contribution in [2.24, 2.45) is 0 Å². The van der Waals surface area contributed by atoms with Gasteiger partial charge in [0.05, 0.1) is 0 Å². The molecule has 0 saturated carbocycles. The number of nitrogens with one attached hydrogen (secondary N) is 1. The average Bonchev–Trinajstić information content (AvgIpc) is 2.86. The molecule has 1 saturated heterocycles. The Morgan fingerprint density at radius 2 is 2.44 bits per heavy atom. The molecule has 0 spiro atoms. The van der Waals surface area contributed by atoms with Gasteiger partial charge < -0.3 is 10.2 Å². The lowest BCUT2D eigenvalue weighted by molar-refractivity contribution is -0.131. The molecular formula is C13H18N2OS2. The smallest absolute Gasteiger partial charge is 0.240 e. The summed E-state index contributed by atoms with van der Waals surface area (Å²) in [4.78, 5) is 16.1. The van der Waals surface area contributed by atoms with E-state index in [1.54, 1.807) is 11.3 Å². The highest BCUT2D eigenvalue weighted by molar-refractivity contribution is 8.00. The molecule has 2 aliphatic heterocycles. The second kappa shape index (κ2) is 5.23. The minimum atomic E-state index is 0.0466. The first-order valence-electron chi connectivity index (χ1n) is 6.46. The molecule has 0 unspecified atom stereocenters. The number of hydrogen-bond acceptors (Lipinski definition) is 4. The molecule has 0 aliphatic carbocycles. The van der Waals surface area contributed by atoms with Gasteiger partial charge in [0.2, 0.25) is 5.91 Å². The van der Waals surface area contributed by atoms with Crippen molar-refractivity contribution in [2.45, 2.75) is 24.6 Å². The molecule has 3 heterocycles. The third-order valence-electron chi connectivity index (χ3n) is 3.58. The van der Waals surface area contributed by atoms with Crippen molar-refractivity contribution in [1.29, 1.82) is 0 Å². The van der Waals surface area contributed by atoms with E-state index in [2.05, 4.69) is 23.7 Å². The van der Waals surface area contributed by atoms with Crippen LogP contribution in [-0.2, 0) is 11.2 Å². The van der Waals surface area contributed by atoms with Crippen molar-refractivity contribution in [2.75, 3.05) is 25.4 Å². The molecule has 1 N–H and O–H groups in total. The first kappa shape index (κ1) is 12.5. The minimum Gasteiger partial charge on any atom is -0.339 e. The predicted octanol–water partition coefficient (Wildman–Crippen LogP) is 1.90. The van der Waals surface area contributed by atoms with Crippen LogP contribution in [0.25, 0.3) is 0 Å². The van der Waals surface area contributed by atoms with E-state index in [0.29, 0.717) is 11.9 Å². The minimum absolute atomic E-state index is 0.0466. The zero-order valence-electron chi connectivity index (χ0n) is 10.5. The summed E-state index contributed by atoms with van der Waals surface area (Å²) in [6.07, 6.45) is 1.12. The number of carbonyl (C=O) groups is 1. The number of thioether (sulfide) groups is 1. The standard InChI is InChI=1S/C13H18N2OS2/c1-9-8-15(5-4-14-9)13(16)12-10-2-6-17-11(10)3-7-18-12/h2,6,9,12,14H,3-5,7-8H2,1H3/t9-,12+/m1/s1. The summed E-state index contributed by atoms with van der Waals surface area (Å²) < 4.78 is 0. The summed E-state index contributed by atoms with van der Waals surface area (Å²) in [6.45, 7) is 4.75. The quantitative estimate of drug-likeness (QED) is 0.854. The van der Waals surface area contributed by atoms with E-state index >= 15 is 0 Å². The monoisotopic (exact) mass is 282 g/mol. The summed E-state index contributed by atoms with van der Waals surface area (Å²) in [6, 6.07) is 2.55. The number of aryl methyl sites for hydroxylation is 1. The van der Waals surface area contributed by atoms with Crippen molar-refractivity contribution in [3.05, 3.63) is 21.9 Å². The van der Waals surface area contributed by atoms with E-state index in [1.807, 2.05) is 16.7 Å². The number of nitrogens with zero attached hydrogens (tertiary/aromatic N) is 1. The van der Waals surface area contributed by atoms with E-state index in [9.17, 15) is 4.79 Å². The second-order valence-electron chi connectivity index (χ2n) is 4.94. The fourth-order valence-corrected chi connectivity index (χ4v) is 5.02. The van der Waals surface area contributed by atoms with E-state index in [1.165, 1.54) is 10.4 Å². The van der Waals surface area contributed by atoms with E-state index in [4.69, 9.17) is 0 Å². The molecule has 0 radical (unpaired) electrons. The maximum atomic E-state index is 12.6. The number of rotatable bonds is 1. The molecule has 0 bridgehead atoms. The molecule has 1 fully saturated rings. The molecule has 1 aromatic heterocycles. The van der Waals surface area contributed by atoms with Gasteiger partial charge in [0.15, 0.2) is 0 Å². The summed E-state index contributed by atoms with van der Waals surface area (Å²) in [5.41, 5.74) is 1.27. The first-order valence-corrected chi connectivity index (χ1v) is 8.38. The normalized spacial score (nSPS) is 27.9. The summed E-state index contributed by atoms with van der Waals surface area (Å²) in [5, 5.41) is 5.55. The number of amides is 1. The van der Waals surface area contributed by atoms with E-state index in [-0.39, 0.29) is 5.25 Å². The van der Waals surface area contributed by atoms with E-state index < -0.39 is 0 Å². The van der Waals surface area contributed by atoms with Gasteiger partial charge in [0.1, 0.15) is 5.25 Å². The summed E-state index contributed by atoms with van der Waals surface area (Å²) in [7, 11) is 0. The highest BCUT2D eigenvalue weighted by atomic mass is 32.2. The Kier molecular flexibility index (Phi) is 3.63. The zero-order chi connectivity index (χ0) is 12.5.